The van der Waals surface area contributed by atoms with Crippen molar-refractivity contribution in [2.24, 2.45) is 0 Å². The summed E-state index contributed by atoms with van der Waals surface area (Å²) < 4.78 is 9.16. The van der Waals surface area contributed by atoms with Crippen molar-refractivity contribution in [2.75, 3.05) is 13.2 Å². The molecule has 0 aromatic carbocycles. The SMILES string of the molecule is CCOc1ccnc(C(Cl)(Cl)Cl)c1OCC. The van der Waals surface area contributed by atoms with Crippen molar-refractivity contribution in [3.63, 3.8) is 0 Å². The second-order valence-electron chi connectivity index (χ2n) is 2.85. The van der Waals surface area contributed by atoms with E-state index in [-0.39, 0.29) is 5.69 Å². The number of nitrogens with zero attached hydrogens (tertiary/aromatic N) is 1. The summed E-state index contributed by atoms with van der Waals surface area (Å²) in [6.45, 7) is 4.65. The first kappa shape index (κ1) is 13.7. The molecular formula is C10H12Cl3NO2. The average Bonchev–Trinajstić information content (AvgIpc) is 2.19. The molecule has 16 heavy (non-hydrogen) atoms. The van der Waals surface area contributed by atoms with Gasteiger partial charge in [0.25, 0.3) is 0 Å². The van der Waals surface area contributed by atoms with E-state index in [4.69, 9.17) is 44.3 Å². The molecule has 6 heteroatoms. The lowest BCUT2D eigenvalue weighted by molar-refractivity contribution is 0.284. The number of hydrogen-bond donors (Lipinski definition) is 0. The molecule has 0 N–H and O–H groups in total. The van der Waals surface area contributed by atoms with Crippen molar-refractivity contribution in [2.45, 2.75) is 17.6 Å². The Morgan fingerprint density at radius 2 is 1.81 bits per heavy atom. The number of pyridine rings is 1. The molecule has 0 saturated heterocycles. The van der Waals surface area contributed by atoms with Crippen LogP contribution in [0.4, 0.5) is 0 Å². The number of rotatable bonds is 4. The zero-order valence-corrected chi connectivity index (χ0v) is 11.2. The van der Waals surface area contributed by atoms with Gasteiger partial charge in [-0.3, -0.25) is 4.98 Å². The molecule has 0 aliphatic heterocycles. The topological polar surface area (TPSA) is 31.4 Å². The summed E-state index contributed by atoms with van der Waals surface area (Å²) in [5, 5.41) is 0. The molecule has 90 valence electrons. The maximum absolute atomic E-state index is 5.80. The van der Waals surface area contributed by atoms with Gasteiger partial charge >= 0.3 is 0 Å². The van der Waals surface area contributed by atoms with E-state index in [0.29, 0.717) is 24.7 Å². The van der Waals surface area contributed by atoms with Gasteiger partial charge in [-0.05, 0) is 13.8 Å². The highest BCUT2D eigenvalue weighted by Crippen LogP contribution is 2.45. The van der Waals surface area contributed by atoms with Crippen LogP contribution in [0.25, 0.3) is 0 Å². The normalized spacial score (nSPS) is 11.3. The van der Waals surface area contributed by atoms with E-state index in [1.54, 1.807) is 6.07 Å². The Hall–Kier alpha value is -0.380. The van der Waals surface area contributed by atoms with Crippen molar-refractivity contribution in [3.8, 4) is 11.5 Å². The lowest BCUT2D eigenvalue weighted by Crippen LogP contribution is -2.09. The fraction of sp³-hybridized carbons (Fsp3) is 0.500. The van der Waals surface area contributed by atoms with Crippen molar-refractivity contribution in [3.05, 3.63) is 18.0 Å². The first-order chi connectivity index (χ1) is 7.50. The van der Waals surface area contributed by atoms with Gasteiger partial charge in [0.05, 0.1) is 13.2 Å². The van der Waals surface area contributed by atoms with Crippen molar-refractivity contribution < 1.29 is 9.47 Å². The Morgan fingerprint density at radius 3 is 2.31 bits per heavy atom. The van der Waals surface area contributed by atoms with Gasteiger partial charge in [0.2, 0.25) is 3.79 Å². The van der Waals surface area contributed by atoms with Crippen molar-refractivity contribution >= 4 is 34.8 Å². The molecule has 0 bridgehead atoms. The largest absolute Gasteiger partial charge is 0.490 e. The van der Waals surface area contributed by atoms with Crippen LogP contribution in [-0.2, 0) is 3.79 Å². The molecule has 0 atom stereocenters. The molecular weight excluding hydrogens is 272 g/mol. The summed E-state index contributed by atoms with van der Waals surface area (Å²) in [6, 6.07) is 1.68. The second-order valence-corrected chi connectivity index (χ2v) is 5.13. The van der Waals surface area contributed by atoms with E-state index in [2.05, 4.69) is 4.98 Å². The minimum Gasteiger partial charge on any atom is -0.490 e. The molecule has 0 amide bonds. The van der Waals surface area contributed by atoms with E-state index in [1.165, 1.54) is 6.20 Å². The summed E-state index contributed by atoms with van der Waals surface area (Å²) in [5.41, 5.74) is 0.241. The zero-order chi connectivity index (χ0) is 12.2. The Balaban J connectivity index is 3.21. The van der Waals surface area contributed by atoms with Crippen LogP contribution in [0.1, 0.15) is 19.5 Å². The fourth-order valence-corrected chi connectivity index (χ4v) is 1.59. The number of hydrogen-bond acceptors (Lipinski definition) is 3. The molecule has 1 rings (SSSR count). The van der Waals surface area contributed by atoms with Crippen LogP contribution in [0.3, 0.4) is 0 Å². The highest BCUT2D eigenvalue weighted by atomic mass is 35.6. The molecule has 1 aromatic rings. The van der Waals surface area contributed by atoms with Gasteiger partial charge in [0.1, 0.15) is 5.69 Å². The molecule has 0 aliphatic carbocycles. The fourth-order valence-electron chi connectivity index (χ4n) is 1.19. The smallest absolute Gasteiger partial charge is 0.236 e. The summed E-state index contributed by atoms with van der Waals surface area (Å²) in [4.78, 5) is 4.01. The molecule has 0 aliphatic rings. The predicted molar refractivity (Wildman–Crippen MR) is 65.8 cm³/mol. The molecule has 0 unspecified atom stereocenters. The molecule has 0 fully saturated rings. The Morgan fingerprint density at radius 1 is 1.19 bits per heavy atom. The summed E-state index contributed by atoms with van der Waals surface area (Å²) >= 11 is 17.4. The summed E-state index contributed by atoms with van der Waals surface area (Å²) in [7, 11) is 0. The van der Waals surface area contributed by atoms with E-state index in [0.717, 1.165) is 0 Å². The zero-order valence-electron chi connectivity index (χ0n) is 8.97. The lowest BCUT2D eigenvalue weighted by Gasteiger charge is -2.17. The van der Waals surface area contributed by atoms with Crippen LogP contribution in [-0.4, -0.2) is 18.2 Å². The van der Waals surface area contributed by atoms with Gasteiger partial charge in [0, 0.05) is 12.3 Å². The quantitative estimate of drug-likeness (QED) is 0.790. The minimum absolute atomic E-state index is 0.241. The van der Waals surface area contributed by atoms with Crippen LogP contribution in [0, 0.1) is 0 Å². The number of alkyl halides is 3. The first-order valence-electron chi connectivity index (χ1n) is 4.82. The molecule has 0 spiro atoms. The monoisotopic (exact) mass is 283 g/mol. The third-order valence-corrected chi connectivity index (χ3v) is 2.26. The van der Waals surface area contributed by atoms with E-state index < -0.39 is 3.79 Å². The highest BCUT2D eigenvalue weighted by molar-refractivity contribution is 6.66. The van der Waals surface area contributed by atoms with Crippen LogP contribution in [0.2, 0.25) is 0 Å². The molecule has 1 heterocycles. The van der Waals surface area contributed by atoms with E-state index >= 15 is 0 Å². The molecule has 3 nitrogen and oxygen atoms in total. The van der Waals surface area contributed by atoms with Gasteiger partial charge in [-0.1, -0.05) is 34.8 Å². The predicted octanol–water partition coefficient (Wildman–Crippen LogP) is 3.71. The maximum Gasteiger partial charge on any atom is 0.236 e. The van der Waals surface area contributed by atoms with Crippen LogP contribution in [0.5, 0.6) is 11.5 Å². The van der Waals surface area contributed by atoms with Crippen LogP contribution < -0.4 is 9.47 Å². The Kier molecular flexibility index (Phi) is 4.96. The third kappa shape index (κ3) is 3.30. The second kappa shape index (κ2) is 5.80. The van der Waals surface area contributed by atoms with Gasteiger partial charge in [-0.25, -0.2) is 0 Å². The minimum atomic E-state index is -1.63. The standard InChI is InChI=1S/C10H12Cl3NO2/c1-3-15-7-5-6-14-9(10(11,12)13)8(7)16-4-2/h5-6H,3-4H2,1-2H3. The third-order valence-electron chi connectivity index (χ3n) is 1.73. The highest BCUT2D eigenvalue weighted by Gasteiger charge is 2.31. The number of ether oxygens (including phenoxy) is 2. The molecule has 1 aromatic heterocycles. The van der Waals surface area contributed by atoms with Crippen LogP contribution in [0.15, 0.2) is 12.3 Å². The number of halogens is 3. The van der Waals surface area contributed by atoms with Gasteiger partial charge in [-0.2, -0.15) is 0 Å². The van der Waals surface area contributed by atoms with Crippen LogP contribution >= 0.6 is 34.8 Å². The van der Waals surface area contributed by atoms with Gasteiger partial charge < -0.3 is 9.47 Å². The Labute approximate surface area is 110 Å². The first-order valence-corrected chi connectivity index (χ1v) is 5.95. The molecule has 0 saturated carbocycles. The lowest BCUT2D eigenvalue weighted by atomic mass is 10.3. The van der Waals surface area contributed by atoms with E-state index in [9.17, 15) is 0 Å². The molecule has 0 radical (unpaired) electrons. The average molecular weight is 285 g/mol. The maximum atomic E-state index is 5.80. The van der Waals surface area contributed by atoms with Gasteiger partial charge in [0.15, 0.2) is 11.5 Å². The Bertz CT molecular complexity index is 352. The van der Waals surface area contributed by atoms with E-state index in [1.807, 2.05) is 13.8 Å². The van der Waals surface area contributed by atoms with Crippen molar-refractivity contribution in [1.82, 2.24) is 4.98 Å². The van der Waals surface area contributed by atoms with Gasteiger partial charge in [-0.15, -0.1) is 0 Å². The summed E-state index contributed by atoms with van der Waals surface area (Å²) in [6.07, 6.45) is 1.52. The summed E-state index contributed by atoms with van der Waals surface area (Å²) in [5.74, 6) is 0.910. The number of aromatic nitrogens is 1. The van der Waals surface area contributed by atoms with Crippen molar-refractivity contribution in [1.29, 1.82) is 0 Å².